The second kappa shape index (κ2) is 13.1. The lowest BCUT2D eigenvalue weighted by Gasteiger charge is -2.27. The minimum Gasteiger partial charge on any atom is -0.508 e. The molecule has 10 heteroatoms. The van der Waals surface area contributed by atoms with Crippen molar-refractivity contribution in [3.8, 4) is 23.0 Å². The summed E-state index contributed by atoms with van der Waals surface area (Å²) in [7, 11) is 0. The van der Waals surface area contributed by atoms with Crippen LogP contribution in [0.25, 0.3) is 0 Å². The molecule has 2 aliphatic rings. The summed E-state index contributed by atoms with van der Waals surface area (Å²) >= 11 is 0. The van der Waals surface area contributed by atoms with Crippen molar-refractivity contribution in [3.63, 3.8) is 0 Å². The number of ketones is 2. The van der Waals surface area contributed by atoms with Crippen LogP contribution in [0.5, 0.6) is 23.0 Å². The maximum atomic E-state index is 13.7. The molecule has 2 aliphatic heterocycles. The SMILES string of the molecule is C[C@@H]1CCC(C2CCC[C@@H](C)OC(=O)Cc3cc(O)cc(O)c3C(=O)C2)/C=C/C(=O)c2c(O)cc(O)cc2CC(=O)O1. The number of hydrogen-bond donors (Lipinski definition) is 4. The first kappa shape index (κ1) is 30.6. The number of Topliss-reactive ketones (excluding diaryl/α,β-unsaturated/α-hetero) is 1. The number of carbonyl (C=O) groups is 4. The molecule has 0 radical (unpaired) electrons. The van der Waals surface area contributed by atoms with Crippen LogP contribution in [-0.4, -0.2) is 56.1 Å². The van der Waals surface area contributed by atoms with E-state index in [1.165, 1.54) is 18.2 Å². The van der Waals surface area contributed by atoms with E-state index in [1.54, 1.807) is 19.9 Å². The number of esters is 2. The smallest absolute Gasteiger partial charge is 0.310 e. The Morgan fingerprint density at radius 1 is 0.690 bits per heavy atom. The zero-order valence-electron chi connectivity index (χ0n) is 23.7. The van der Waals surface area contributed by atoms with Crippen LogP contribution < -0.4 is 0 Å². The fourth-order valence-corrected chi connectivity index (χ4v) is 5.87. The Bertz CT molecular complexity index is 1410. The molecule has 0 spiro atoms. The van der Waals surface area contributed by atoms with Crippen LogP contribution in [-0.2, 0) is 31.9 Å². The number of allylic oxidation sites excluding steroid dienone is 2. The predicted octanol–water partition coefficient (Wildman–Crippen LogP) is 4.68. The maximum Gasteiger partial charge on any atom is 0.310 e. The number of hydrogen-bond acceptors (Lipinski definition) is 10. The molecular weight excluding hydrogens is 544 g/mol. The largest absolute Gasteiger partial charge is 0.508 e. The van der Waals surface area contributed by atoms with Gasteiger partial charge in [0, 0.05) is 18.6 Å². The van der Waals surface area contributed by atoms with Gasteiger partial charge in [-0.25, -0.2) is 0 Å². The number of cyclic esters (lactones) is 2. The first-order chi connectivity index (χ1) is 19.9. The summed E-state index contributed by atoms with van der Waals surface area (Å²) in [5.41, 5.74) is 0.125. The third-order valence-corrected chi connectivity index (χ3v) is 7.87. The summed E-state index contributed by atoms with van der Waals surface area (Å²) in [6.07, 6.45) is 4.17. The summed E-state index contributed by atoms with van der Waals surface area (Å²) in [4.78, 5) is 52.1. The molecule has 0 aliphatic carbocycles. The first-order valence-electron chi connectivity index (χ1n) is 14.2. The topological polar surface area (TPSA) is 168 Å². The van der Waals surface area contributed by atoms with Gasteiger partial charge in [-0.05, 0) is 87.1 Å². The van der Waals surface area contributed by atoms with Crippen molar-refractivity contribution in [1.82, 2.24) is 0 Å². The maximum absolute atomic E-state index is 13.7. The van der Waals surface area contributed by atoms with Gasteiger partial charge in [-0.3, -0.25) is 19.2 Å². The van der Waals surface area contributed by atoms with Gasteiger partial charge in [0.1, 0.15) is 23.0 Å². The van der Waals surface area contributed by atoms with E-state index in [2.05, 4.69) is 0 Å². The number of phenolic OH excluding ortho intramolecular Hbond substituents is 4. The molecule has 0 fully saturated rings. The molecule has 4 atom stereocenters. The van der Waals surface area contributed by atoms with E-state index in [9.17, 15) is 39.6 Å². The molecule has 2 aromatic carbocycles. The van der Waals surface area contributed by atoms with Crippen LogP contribution in [0.2, 0.25) is 0 Å². The summed E-state index contributed by atoms with van der Waals surface area (Å²) in [5.74, 6) is -4.27. The summed E-state index contributed by atoms with van der Waals surface area (Å²) < 4.78 is 11.0. The van der Waals surface area contributed by atoms with E-state index < -0.39 is 47.2 Å². The number of carbonyl (C=O) groups excluding carboxylic acids is 4. The van der Waals surface area contributed by atoms with Gasteiger partial charge < -0.3 is 29.9 Å². The molecular formula is C32H36O10. The van der Waals surface area contributed by atoms with E-state index in [0.717, 1.165) is 12.1 Å². The summed E-state index contributed by atoms with van der Waals surface area (Å²) in [5, 5.41) is 41.1. The van der Waals surface area contributed by atoms with Crippen molar-refractivity contribution in [3.05, 3.63) is 58.7 Å². The highest BCUT2D eigenvalue weighted by molar-refractivity contribution is 6.08. The van der Waals surface area contributed by atoms with Crippen molar-refractivity contribution in [2.45, 2.75) is 77.4 Å². The molecule has 224 valence electrons. The van der Waals surface area contributed by atoms with E-state index in [4.69, 9.17) is 9.47 Å². The number of aromatic hydroxyl groups is 4. The quantitative estimate of drug-likeness (QED) is 0.348. The number of benzene rings is 2. The second-order valence-electron chi connectivity index (χ2n) is 11.2. The molecule has 2 unspecified atom stereocenters. The molecule has 2 heterocycles. The number of ether oxygens (including phenoxy) is 2. The average Bonchev–Trinajstić information content (AvgIpc) is 2.85. The zero-order chi connectivity index (χ0) is 30.6. The second-order valence-corrected chi connectivity index (χ2v) is 11.2. The van der Waals surface area contributed by atoms with E-state index >= 15 is 0 Å². The third kappa shape index (κ3) is 7.48. The Morgan fingerprint density at radius 3 is 1.86 bits per heavy atom. The Morgan fingerprint density at radius 2 is 1.24 bits per heavy atom. The van der Waals surface area contributed by atoms with Gasteiger partial charge >= 0.3 is 11.9 Å². The van der Waals surface area contributed by atoms with Gasteiger partial charge in [0.05, 0.1) is 36.2 Å². The van der Waals surface area contributed by atoms with Crippen molar-refractivity contribution >= 4 is 23.5 Å². The molecule has 0 aromatic heterocycles. The van der Waals surface area contributed by atoms with Gasteiger partial charge in [-0.1, -0.05) is 6.08 Å². The number of phenols is 4. The van der Waals surface area contributed by atoms with Crippen LogP contribution in [0.4, 0.5) is 0 Å². The lowest BCUT2D eigenvalue weighted by Crippen LogP contribution is -2.24. The van der Waals surface area contributed by atoms with Crippen molar-refractivity contribution in [1.29, 1.82) is 0 Å². The zero-order valence-corrected chi connectivity index (χ0v) is 23.7. The van der Waals surface area contributed by atoms with Gasteiger partial charge in [0.15, 0.2) is 11.6 Å². The highest BCUT2D eigenvalue weighted by Crippen LogP contribution is 2.36. The normalized spacial score (nSPS) is 25.3. The van der Waals surface area contributed by atoms with E-state index in [0.29, 0.717) is 32.1 Å². The van der Waals surface area contributed by atoms with Crippen LogP contribution in [0.1, 0.15) is 84.2 Å². The lowest BCUT2D eigenvalue weighted by molar-refractivity contribution is -0.148. The third-order valence-electron chi connectivity index (χ3n) is 7.87. The first-order valence-corrected chi connectivity index (χ1v) is 14.2. The van der Waals surface area contributed by atoms with Gasteiger partial charge in [-0.2, -0.15) is 0 Å². The lowest BCUT2D eigenvalue weighted by atomic mass is 9.78. The van der Waals surface area contributed by atoms with Crippen LogP contribution >= 0.6 is 0 Å². The molecule has 0 bridgehead atoms. The van der Waals surface area contributed by atoms with Crippen molar-refractivity contribution in [2.75, 3.05) is 0 Å². The van der Waals surface area contributed by atoms with Crippen LogP contribution in [0.15, 0.2) is 36.4 Å². The number of rotatable bonds is 1. The summed E-state index contributed by atoms with van der Waals surface area (Å²) in [6, 6.07) is 4.60. The molecule has 0 saturated heterocycles. The van der Waals surface area contributed by atoms with Gasteiger partial charge in [0.25, 0.3) is 0 Å². The number of fused-ring (bicyclic) bond motifs is 2. The molecule has 4 N–H and O–H groups in total. The standard InChI is InChI=1S/C32H36O10/c1-17-4-3-5-20(12-26(36)32-22(14-29(39)41-17)11-24(34)16-28(32)38)19-7-6-18(2)42-30(40)13-21-10-23(33)15-27(37)31(21)25(35)9-8-19/h8-11,15-20,33-34,37-38H,3-7,12-14H2,1-2H3/b9-8+/t17-,18-,19?,20?/m1/s1. The molecule has 10 nitrogen and oxygen atoms in total. The highest BCUT2D eigenvalue weighted by atomic mass is 16.5. The Hall–Kier alpha value is -4.34. The minimum absolute atomic E-state index is 0.0121. The van der Waals surface area contributed by atoms with E-state index in [1.807, 2.05) is 0 Å². The molecule has 0 amide bonds. The molecule has 2 aromatic rings. The monoisotopic (exact) mass is 580 g/mol. The minimum atomic E-state index is -0.609. The average molecular weight is 581 g/mol. The van der Waals surface area contributed by atoms with Crippen LogP contribution in [0.3, 0.4) is 0 Å². The van der Waals surface area contributed by atoms with Crippen LogP contribution in [0, 0.1) is 11.8 Å². The molecule has 4 rings (SSSR count). The van der Waals surface area contributed by atoms with E-state index in [-0.39, 0.29) is 64.9 Å². The predicted molar refractivity (Wildman–Crippen MR) is 151 cm³/mol. The van der Waals surface area contributed by atoms with Gasteiger partial charge in [-0.15, -0.1) is 0 Å². The Balaban J connectivity index is 1.73. The van der Waals surface area contributed by atoms with Crippen molar-refractivity contribution < 1.29 is 49.1 Å². The summed E-state index contributed by atoms with van der Waals surface area (Å²) in [6.45, 7) is 3.52. The highest BCUT2D eigenvalue weighted by Gasteiger charge is 2.30. The Kier molecular flexibility index (Phi) is 9.55. The fraction of sp³-hybridized carbons (Fsp3) is 0.438. The van der Waals surface area contributed by atoms with Crippen molar-refractivity contribution in [2.24, 2.45) is 11.8 Å². The molecule has 0 saturated carbocycles. The Labute approximate surface area is 243 Å². The molecule has 42 heavy (non-hydrogen) atoms. The van der Waals surface area contributed by atoms with Gasteiger partial charge in [0.2, 0.25) is 0 Å². The fourth-order valence-electron chi connectivity index (χ4n) is 5.87.